The number of thioether (sulfide) groups is 2. The first-order chi connectivity index (χ1) is 19.3. The molecule has 0 saturated heterocycles. The Morgan fingerprint density at radius 3 is 1.61 bits per heavy atom. The number of fused-ring (bicyclic) bond motifs is 2. The second kappa shape index (κ2) is 10.3. The minimum atomic E-state index is 0.0296. The molecule has 0 unspecified atom stereocenters. The number of benzene rings is 1. The Hall–Kier alpha value is -2.04. The van der Waals surface area contributed by atoms with Gasteiger partial charge in [-0.3, -0.25) is 9.59 Å². The van der Waals surface area contributed by atoms with Gasteiger partial charge in [0.1, 0.15) is 11.0 Å². The second-order valence-electron chi connectivity index (χ2n) is 11.6. The van der Waals surface area contributed by atoms with Crippen molar-refractivity contribution in [3.63, 3.8) is 0 Å². The molecular weight excluding hydrogens is 605 g/mol. The van der Waals surface area contributed by atoms with E-state index in [1.807, 2.05) is 0 Å². The number of rotatable bonds is 5. The van der Waals surface area contributed by atoms with Gasteiger partial charge in [-0.2, -0.15) is 8.75 Å². The summed E-state index contributed by atoms with van der Waals surface area (Å²) in [5.74, 6) is 0.738. The number of hydrogen-bond donors (Lipinski definition) is 0. The second-order valence-corrected chi connectivity index (χ2v) is 16.1. The predicted octanol–water partition coefficient (Wildman–Crippen LogP) is 10.2. The van der Waals surface area contributed by atoms with Crippen molar-refractivity contribution in [1.82, 2.24) is 8.75 Å². The van der Waals surface area contributed by atoms with Crippen molar-refractivity contribution in [2.45, 2.75) is 81.1 Å². The van der Waals surface area contributed by atoms with Crippen LogP contribution in [0.25, 0.3) is 32.6 Å². The van der Waals surface area contributed by atoms with Crippen molar-refractivity contribution in [2.24, 2.45) is 0 Å². The highest BCUT2D eigenvalue weighted by Gasteiger charge is 2.43. The minimum absolute atomic E-state index is 0.0296. The quantitative estimate of drug-likeness (QED) is 0.217. The summed E-state index contributed by atoms with van der Waals surface area (Å²) < 4.78 is 9.48. The Labute approximate surface area is 262 Å². The minimum Gasteiger partial charge on any atom is -0.281 e. The third kappa shape index (κ3) is 4.21. The third-order valence-electron chi connectivity index (χ3n) is 8.50. The fourth-order valence-corrected chi connectivity index (χ4v) is 12.0. The maximum Gasteiger partial charge on any atom is 0.226 e. The van der Waals surface area contributed by atoms with Gasteiger partial charge in [0.05, 0.1) is 22.9 Å². The summed E-state index contributed by atoms with van der Waals surface area (Å²) >= 11 is 7.09. The summed E-state index contributed by atoms with van der Waals surface area (Å²) in [5.41, 5.74) is 12.8. The molecule has 4 aromatic rings. The molecule has 0 N–H and O–H groups in total. The topological polar surface area (TPSA) is 59.9 Å². The van der Waals surface area contributed by atoms with Crippen LogP contribution < -0.4 is 0 Å². The van der Waals surface area contributed by atoms with E-state index in [0.29, 0.717) is 23.0 Å². The van der Waals surface area contributed by atoms with Crippen LogP contribution in [0.4, 0.5) is 0 Å². The monoisotopic (exact) mass is 636 g/mol. The number of thiophene rings is 2. The molecule has 0 amide bonds. The van der Waals surface area contributed by atoms with E-state index >= 15 is 0 Å². The van der Waals surface area contributed by atoms with E-state index in [9.17, 15) is 9.59 Å². The molecule has 3 aromatic heterocycles. The summed E-state index contributed by atoms with van der Waals surface area (Å²) in [5, 5.41) is 0.0752. The van der Waals surface area contributed by atoms with Crippen LogP contribution >= 0.6 is 57.9 Å². The largest absolute Gasteiger partial charge is 0.281 e. The SMILES string of the molecule is Cc1c(C2=C3SC(=O)C(c4sc(C(C)C)c(C)c4C)=C3SC2=O)sc(-c2c(C)c(C)c(C(C)C)c3nsnc23)c1C. The van der Waals surface area contributed by atoms with Crippen molar-refractivity contribution in [2.75, 3.05) is 0 Å². The summed E-state index contributed by atoms with van der Waals surface area (Å²) in [4.78, 5) is 33.3. The molecule has 212 valence electrons. The number of nitrogens with zero attached hydrogens (tertiary/aromatic N) is 2. The third-order valence-corrected chi connectivity index (χ3v) is 14.3. The number of hydrogen-bond acceptors (Lipinski definition) is 9. The van der Waals surface area contributed by atoms with E-state index < -0.39 is 0 Å². The zero-order valence-electron chi connectivity index (χ0n) is 24.9. The lowest BCUT2D eigenvalue weighted by atomic mass is 9.88. The van der Waals surface area contributed by atoms with Gasteiger partial charge in [0, 0.05) is 34.9 Å². The van der Waals surface area contributed by atoms with Crippen LogP contribution in [0.3, 0.4) is 0 Å². The van der Waals surface area contributed by atoms with Crippen molar-refractivity contribution >= 4 is 90.3 Å². The molecule has 41 heavy (non-hydrogen) atoms. The normalized spacial score (nSPS) is 15.7. The lowest BCUT2D eigenvalue weighted by molar-refractivity contribution is -0.106. The van der Waals surface area contributed by atoms with Crippen molar-refractivity contribution in [3.05, 3.63) is 63.4 Å². The Morgan fingerprint density at radius 2 is 1.07 bits per heavy atom. The standard InChI is InChI=1S/C32H32N2O2S5/c1-11(2)19-13(5)14(6)20(24-23(19)33-41-34-24)26-17(9)18(10)28(38-26)22-30-29(39-32(22)36)21(31(35)40-30)27-16(8)15(7)25(37-27)12(3)4/h11-12H,1-10H3. The first-order valence-corrected chi connectivity index (χ1v) is 17.7. The fourth-order valence-electron chi connectivity index (χ4n) is 6.02. The van der Waals surface area contributed by atoms with Crippen LogP contribution in [0.5, 0.6) is 0 Å². The molecule has 0 fully saturated rings. The summed E-state index contributed by atoms with van der Waals surface area (Å²) in [6.07, 6.45) is 0. The lowest BCUT2D eigenvalue weighted by Crippen LogP contribution is -2.00. The van der Waals surface area contributed by atoms with Gasteiger partial charge in [0.2, 0.25) is 10.2 Å². The van der Waals surface area contributed by atoms with Gasteiger partial charge in [-0.05, 0) is 116 Å². The average Bonchev–Trinajstić information content (AvgIpc) is 3.69. The molecule has 1 aromatic carbocycles. The van der Waals surface area contributed by atoms with Gasteiger partial charge >= 0.3 is 0 Å². The first kappa shape index (κ1) is 29.1. The molecular formula is C32H32N2O2S5. The molecule has 2 aliphatic rings. The van der Waals surface area contributed by atoms with E-state index in [0.717, 1.165) is 57.7 Å². The smallest absolute Gasteiger partial charge is 0.226 e. The zero-order valence-corrected chi connectivity index (χ0v) is 29.0. The maximum absolute atomic E-state index is 13.7. The molecule has 0 saturated carbocycles. The van der Waals surface area contributed by atoms with Gasteiger partial charge in [0.15, 0.2) is 0 Å². The molecule has 4 nitrogen and oxygen atoms in total. The van der Waals surface area contributed by atoms with Gasteiger partial charge in [-0.1, -0.05) is 27.7 Å². The lowest BCUT2D eigenvalue weighted by Gasteiger charge is -2.17. The van der Waals surface area contributed by atoms with E-state index in [1.165, 1.54) is 62.4 Å². The highest BCUT2D eigenvalue weighted by atomic mass is 32.2. The number of carbonyl (C=O) groups is 2. The Balaban J connectivity index is 1.56. The van der Waals surface area contributed by atoms with E-state index in [2.05, 4.69) is 69.2 Å². The maximum atomic E-state index is 13.7. The van der Waals surface area contributed by atoms with Gasteiger partial charge in [-0.15, -0.1) is 22.7 Å². The molecule has 0 bridgehead atoms. The molecule has 0 spiro atoms. The van der Waals surface area contributed by atoms with E-state index in [-0.39, 0.29) is 10.2 Å². The van der Waals surface area contributed by atoms with Crippen LogP contribution in [0.1, 0.15) is 93.1 Å². The molecule has 6 rings (SSSR count). The van der Waals surface area contributed by atoms with Crippen molar-refractivity contribution in [1.29, 1.82) is 0 Å². The van der Waals surface area contributed by atoms with Gasteiger partial charge in [-0.25, -0.2) is 0 Å². The zero-order chi connectivity index (χ0) is 29.7. The highest BCUT2D eigenvalue weighted by molar-refractivity contribution is 8.25. The van der Waals surface area contributed by atoms with E-state index in [4.69, 9.17) is 8.75 Å². The van der Waals surface area contributed by atoms with Gasteiger partial charge in [0.25, 0.3) is 0 Å². The summed E-state index contributed by atoms with van der Waals surface area (Å²) in [6.45, 7) is 21.6. The van der Waals surface area contributed by atoms with Crippen LogP contribution in [-0.2, 0) is 9.59 Å². The van der Waals surface area contributed by atoms with Crippen molar-refractivity contribution in [3.8, 4) is 10.4 Å². The fraction of sp³-hybridized carbons (Fsp3) is 0.375. The molecule has 0 aliphatic carbocycles. The summed E-state index contributed by atoms with van der Waals surface area (Å²) in [7, 11) is 0. The molecule has 0 atom stereocenters. The average molecular weight is 637 g/mol. The molecule has 5 heterocycles. The van der Waals surface area contributed by atoms with Crippen molar-refractivity contribution < 1.29 is 9.59 Å². The number of aromatic nitrogens is 2. The molecule has 9 heteroatoms. The first-order valence-electron chi connectivity index (χ1n) is 13.7. The molecule has 2 aliphatic heterocycles. The Bertz CT molecular complexity index is 1890. The molecule has 0 radical (unpaired) electrons. The number of carbonyl (C=O) groups excluding carboxylic acids is 2. The van der Waals surface area contributed by atoms with Crippen LogP contribution in [0, 0.1) is 41.5 Å². The Kier molecular flexibility index (Phi) is 7.30. The predicted molar refractivity (Wildman–Crippen MR) is 181 cm³/mol. The van der Waals surface area contributed by atoms with Gasteiger partial charge < -0.3 is 0 Å². The van der Waals surface area contributed by atoms with Crippen LogP contribution in [0.2, 0.25) is 0 Å². The highest BCUT2D eigenvalue weighted by Crippen LogP contribution is 2.59. The summed E-state index contributed by atoms with van der Waals surface area (Å²) in [6, 6.07) is 0. The Morgan fingerprint density at radius 1 is 0.561 bits per heavy atom. The van der Waals surface area contributed by atoms with E-state index in [1.54, 1.807) is 22.7 Å². The van der Waals surface area contributed by atoms with Crippen LogP contribution in [0.15, 0.2) is 9.81 Å². The van der Waals surface area contributed by atoms with Crippen LogP contribution in [-0.4, -0.2) is 19.0 Å².